The summed E-state index contributed by atoms with van der Waals surface area (Å²) in [6.07, 6.45) is 0. The van der Waals surface area contributed by atoms with Gasteiger partial charge in [0, 0.05) is 20.6 Å². The quantitative estimate of drug-likeness (QED) is 0.869. The molecule has 2 aromatic rings. The summed E-state index contributed by atoms with van der Waals surface area (Å²) < 4.78 is 10.7. The smallest absolute Gasteiger partial charge is 0.231 e. The molecule has 0 unspecified atom stereocenters. The van der Waals surface area contributed by atoms with Gasteiger partial charge in [0.25, 0.3) is 0 Å². The minimum atomic E-state index is 0.232. The molecular formula is C15H20N6O2. The fourth-order valence-corrected chi connectivity index (χ4v) is 2.34. The summed E-state index contributed by atoms with van der Waals surface area (Å²) in [7, 11) is 5.74. The van der Waals surface area contributed by atoms with Gasteiger partial charge in [-0.15, -0.1) is 0 Å². The Bertz CT molecular complexity index is 706. The number of nitrogen functional groups attached to an aromatic ring is 1. The third-order valence-electron chi connectivity index (χ3n) is 3.39. The van der Waals surface area contributed by atoms with E-state index in [9.17, 15) is 0 Å². The maximum Gasteiger partial charge on any atom is 0.231 e. The van der Waals surface area contributed by atoms with Crippen molar-refractivity contribution in [2.75, 3.05) is 38.6 Å². The lowest BCUT2D eigenvalue weighted by Gasteiger charge is -2.17. The van der Waals surface area contributed by atoms with Gasteiger partial charge in [-0.05, 0) is 24.7 Å². The number of ether oxygens (including phenoxy) is 2. The molecule has 1 aliphatic rings. The van der Waals surface area contributed by atoms with Crippen molar-refractivity contribution in [2.45, 2.75) is 13.1 Å². The number of hydrogen-bond donors (Lipinski definition) is 1. The van der Waals surface area contributed by atoms with Crippen LogP contribution in [-0.4, -0.2) is 47.8 Å². The number of nitrogens with two attached hydrogens (primary N) is 1. The van der Waals surface area contributed by atoms with Crippen LogP contribution >= 0.6 is 0 Å². The Morgan fingerprint density at radius 2 is 1.83 bits per heavy atom. The van der Waals surface area contributed by atoms with Gasteiger partial charge in [0.15, 0.2) is 11.5 Å². The molecule has 0 bridgehead atoms. The Kier molecular flexibility index (Phi) is 4.16. The molecule has 0 saturated carbocycles. The van der Waals surface area contributed by atoms with Gasteiger partial charge in [0.2, 0.25) is 18.7 Å². The summed E-state index contributed by atoms with van der Waals surface area (Å²) in [5.41, 5.74) is 6.88. The largest absolute Gasteiger partial charge is 0.454 e. The highest BCUT2D eigenvalue weighted by Gasteiger charge is 2.14. The summed E-state index contributed by atoms with van der Waals surface area (Å²) >= 11 is 0. The van der Waals surface area contributed by atoms with Gasteiger partial charge >= 0.3 is 0 Å². The number of benzene rings is 1. The second-order valence-electron chi connectivity index (χ2n) is 5.66. The molecule has 2 heterocycles. The van der Waals surface area contributed by atoms with Crippen LogP contribution < -0.4 is 20.1 Å². The van der Waals surface area contributed by atoms with E-state index in [0.717, 1.165) is 23.6 Å². The van der Waals surface area contributed by atoms with Crippen LogP contribution in [0.2, 0.25) is 0 Å². The molecule has 2 N–H and O–H groups in total. The molecule has 3 rings (SSSR count). The van der Waals surface area contributed by atoms with Crippen molar-refractivity contribution < 1.29 is 9.47 Å². The fourth-order valence-electron chi connectivity index (χ4n) is 2.34. The normalized spacial score (nSPS) is 12.7. The molecule has 23 heavy (non-hydrogen) atoms. The van der Waals surface area contributed by atoms with Gasteiger partial charge in [0.05, 0.1) is 6.54 Å². The van der Waals surface area contributed by atoms with Crippen LogP contribution in [-0.2, 0) is 13.1 Å². The standard InChI is InChI=1S/C15H20N6O2/c1-20(2)15-18-13(17-14(16)19-15)8-21(3)7-10-4-5-11-12(6-10)23-9-22-11/h4-6H,7-9H2,1-3H3,(H2,16,17,18,19). The monoisotopic (exact) mass is 316 g/mol. The Morgan fingerprint density at radius 1 is 1.04 bits per heavy atom. The molecule has 8 nitrogen and oxygen atoms in total. The van der Waals surface area contributed by atoms with E-state index in [4.69, 9.17) is 15.2 Å². The first-order chi connectivity index (χ1) is 11.0. The van der Waals surface area contributed by atoms with E-state index in [1.807, 2.05) is 39.3 Å². The predicted molar refractivity (Wildman–Crippen MR) is 86.3 cm³/mol. The first-order valence-electron chi connectivity index (χ1n) is 7.26. The summed E-state index contributed by atoms with van der Waals surface area (Å²) in [6.45, 7) is 1.59. The topological polar surface area (TPSA) is 89.6 Å². The highest BCUT2D eigenvalue weighted by atomic mass is 16.7. The second kappa shape index (κ2) is 6.25. The molecule has 0 saturated heterocycles. The Morgan fingerprint density at radius 3 is 2.61 bits per heavy atom. The minimum absolute atomic E-state index is 0.232. The SMILES string of the molecule is CN(Cc1ccc2c(c1)OCO2)Cc1nc(N)nc(N(C)C)n1. The number of rotatable bonds is 5. The summed E-state index contributed by atoms with van der Waals surface area (Å²) in [6, 6.07) is 5.94. The summed E-state index contributed by atoms with van der Waals surface area (Å²) in [5.74, 6) is 3.01. The van der Waals surface area contributed by atoms with Crippen molar-refractivity contribution in [2.24, 2.45) is 0 Å². The maximum absolute atomic E-state index is 5.75. The van der Waals surface area contributed by atoms with Crippen LogP contribution in [0.1, 0.15) is 11.4 Å². The highest BCUT2D eigenvalue weighted by molar-refractivity contribution is 5.44. The zero-order valence-electron chi connectivity index (χ0n) is 13.5. The molecule has 0 atom stereocenters. The average molecular weight is 316 g/mol. The van der Waals surface area contributed by atoms with Crippen LogP contribution in [0.4, 0.5) is 11.9 Å². The number of nitrogens with zero attached hydrogens (tertiary/aromatic N) is 5. The third-order valence-corrected chi connectivity index (χ3v) is 3.39. The average Bonchev–Trinajstić information content (AvgIpc) is 2.93. The van der Waals surface area contributed by atoms with Crippen molar-refractivity contribution in [1.82, 2.24) is 19.9 Å². The molecule has 1 aromatic heterocycles. The van der Waals surface area contributed by atoms with Crippen LogP contribution in [0.3, 0.4) is 0 Å². The lowest BCUT2D eigenvalue weighted by atomic mass is 10.2. The number of aromatic nitrogens is 3. The Hall–Kier alpha value is -2.61. The van der Waals surface area contributed by atoms with E-state index in [2.05, 4.69) is 19.9 Å². The molecule has 1 aliphatic heterocycles. The number of hydrogen-bond acceptors (Lipinski definition) is 8. The summed E-state index contributed by atoms with van der Waals surface area (Å²) in [4.78, 5) is 16.6. The molecule has 0 spiro atoms. The molecular weight excluding hydrogens is 296 g/mol. The van der Waals surface area contributed by atoms with Crippen molar-refractivity contribution in [3.05, 3.63) is 29.6 Å². The van der Waals surface area contributed by atoms with Crippen LogP contribution in [0, 0.1) is 0 Å². The van der Waals surface area contributed by atoms with Crippen LogP contribution in [0.15, 0.2) is 18.2 Å². The van der Waals surface area contributed by atoms with Gasteiger partial charge in [-0.2, -0.15) is 15.0 Å². The molecule has 0 amide bonds. The lowest BCUT2D eigenvalue weighted by Crippen LogP contribution is -2.22. The van der Waals surface area contributed by atoms with Crippen LogP contribution in [0.25, 0.3) is 0 Å². The van der Waals surface area contributed by atoms with Crippen molar-refractivity contribution in [1.29, 1.82) is 0 Å². The molecule has 1 aromatic carbocycles. The first kappa shape index (κ1) is 15.3. The van der Waals surface area contributed by atoms with E-state index in [1.165, 1.54) is 0 Å². The van der Waals surface area contributed by atoms with Crippen molar-refractivity contribution in [3.8, 4) is 11.5 Å². The lowest BCUT2D eigenvalue weighted by molar-refractivity contribution is 0.174. The Balaban J connectivity index is 1.68. The Labute approximate surface area is 134 Å². The minimum Gasteiger partial charge on any atom is -0.454 e. The van der Waals surface area contributed by atoms with Gasteiger partial charge in [-0.25, -0.2) is 0 Å². The van der Waals surface area contributed by atoms with Crippen molar-refractivity contribution >= 4 is 11.9 Å². The van der Waals surface area contributed by atoms with E-state index < -0.39 is 0 Å². The van der Waals surface area contributed by atoms with E-state index in [0.29, 0.717) is 18.3 Å². The van der Waals surface area contributed by atoms with Gasteiger partial charge in [-0.3, -0.25) is 4.90 Å². The molecule has 122 valence electrons. The third kappa shape index (κ3) is 3.59. The van der Waals surface area contributed by atoms with Crippen LogP contribution in [0.5, 0.6) is 11.5 Å². The fraction of sp³-hybridized carbons (Fsp3) is 0.400. The first-order valence-corrected chi connectivity index (χ1v) is 7.26. The predicted octanol–water partition coefficient (Wildman–Crippen LogP) is 0.880. The zero-order chi connectivity index (χ0) is 16.4. The number of anilines is 2. The van der Waals surface area contributed by atoms with Gasteiger partial charge in [0.1, 0.15) is 5.82 Å². The zero-order valence-corrected chi connectivity index (χ0v) is 13.5. The molecule has 0 aliphatic carbocycles. The maximum atomic E-state index is 5.75. The molecule has 8 heteroatoms. The second-order valence-corrected chi connectivity index (χ2v) is 5.66. The van der Waals surface area contributed by atoms with E-state index >= 15 is 0 Å². The van der Waals surface area contributed by atoms with E-state index in [-0.39, 0.29) is 12.7 Å². The summed E-state index contributed by atoms with van der Waals surface area (Å²) in [5, 5.41) is 0. The van der Waals surface area contributed by atoms with Crippen molar-refractivity contribution in [3.63, 3.8) is 0 Å². The van der Waals surface area contributed by atoms with E-state index in [1.54, 1.807) is 4.90 Å². The number of fused-ring (bicyclic) bond motifs is 1. The van der Waals surface area contributed by atoms with Gasteiger partial charge in [-0.1, -0.05) is 6.07 Å². The van der Waals surface area contributed by atoms with Gasteiger partial charge < -0.3 is 20.1 Å². The molecule has 0 fully saturated rings. The highest BCUT2D eigenvalue weighted by Crippen LogP contribution is 2.32. The molecule has 0 radical (unpaired) electrons.